The van der Waals surface area contributed by atoms with Crippen molar-refractivity contribution in [3.63, 3.8) is 0 Å². The SMILES string of the molecule is COC(=O)c1cc(CNC(c2ccc(Cl)cc2)C2CC2)cc(C(=O)OC)c1. The lowest BCUT2D eigenvalue weighted by atomic mass is 10.0. The number of nitrogens with one attached hydrogen (secondary N) is 1. The van der Waals surface area contributed by atoms with Gasteiger partial charge in [-0.25, -0.2) is 9.59 Å². The predicted octanol–water partition coefficient (Wildman–Crippen LogP) is 4.15. The molecule has 2 aromatic rings. The van der Waals surface area contributed by atoms with E-state index in [1.165, 1.54) is 38.7 Å². The molecule has 2 aromatic carbocycles. The minimum absolute atomic E-state index is 0.200. The Morgan fingerprint density at radius 3 is 2.07 bits per heavy atom. The van der Waals surface area contributed by atoms with Crippen molar-refractivity contribution in [2.45, 2.75) is 25.4 Å². The molecule has 0 aliphatic heterocycles. The van der Waals surface area contributed by atoms with E-state index in [-0.39, 0.29) is 6.04 Å². The van der Waals surface area contributed by atoms with Gasteiger partial charge < -0.3 is 14.8 Å². The van der Waals surface area contributed by atoms with Crippen molar-refractivity contribution in [1.82, 2.24) is 5.32 Å². The molecule has 0 bridgehead atoms. The van der Waals surface area contributed by atoms with Crippen LogP contribution in [0.2, 0.25) is 5.02 Å². The molecule has 3 rings (SSSR count). The van der Waals surface area contributed by atoms with Gasteiger partial charge in [0.1, 0.15) is 0 Å². The van der Waals surface area contributed by atoms with Crippen LogP contribution < -0.4 is 5.32 Å². The van der Waals surface area contributed by atoms with Crippen LogP contribution >= 0.6 is 11.6 Å². The first-order chi connectivity index (χ1) is 13.0. The van der Waals surface area contributed by atoms with Crippen LogP contribution in [0.1, 0.15) is 50.7 Å². The molecule has 142 valence electrons. The molecule has 6 heteroatoms. The number of carbonyl (C=O) groups excluding carboxylic acids is 2. The van der Waals surface area contributed by atoms with Crippen LogP contribution in [0.4, 0.5) is 0 Å². The standard InChI is InChI=1S/C21H22ClNO4/c1-26-20(24)16-9-13(10-17(11-16)21(25)27-2)12-23-19(14-3-4-14)15-5-7-18(22)8-6-15/h5-11,14,19,23H,3-4,12H2,1-2H3. The van der Waals surface area contributed by atoms with Crippen molar-refractivity contribution in [3.8, 4) is 0 Å². The minimum Gasteiger partial charge on any atom is -0.465 e. The molecule has 0 aromatic heterocycles. The van der Waals surface area contributed by atoms with Gasteiger partial charge in [0.25, 0.3) is 0 Å². The summed E-state index contributed by atoms with van der Waals surface area (Å²) in [6, 6.07) is 13.0. The second kappa shape index (κ2) is 8.55. The summed E-state index contributed by atoms with van der Waals surface area (Å²) in [5.41, 5.74) is 2.65. The summed E-state index contributed by atoms with van der Waals surface area (Å²) in [5, 5.41) is 4.26. The van der Waals surface area contributed by atoms with Crippen molar-refractivity contribution >= 4 is 23.5 Å². The number of rotatable bonds is 7. The highest BCUT2D eigenvalue weighted by Crippen LogP contribution is 2.41. The summed E-state index contributed by atoms with van der Waals surface area (Å²) in [4.78, 5) is 23.9. The van der Waals surface area contributed by atoms with E-state index >= 15 is 0 Å². The van der Waals surface area contributed by atoms with E-state index in [0.29, 0.717) is 28.6 Å². The van der Waals surface area contributed by atoms with E-state index in [4.69, 9.17) is 21.1 Å². The Morgan fingerprint density at radius 1 is 1.04 bits per heavy atom. The molecular weight excluding hydrogens is 366 g/mol. The number of methoxy groups -OCH3 is 2. The first-order valence-electron chi connectivity index (χ1n) is 8.81. The van der Waals surface area contributed by atoms with Gasteiger partial charge >= 0.3 is 11.9 Å². The third-order valence-electron chi connectivity index (χ3n) is 4.68. The van der Waals surface area contributed by atoms with Crippen LogP contribution in [0, 0.1) is 5.92 Å². The lowest BCUT2D eigenvalue weighted by Gasteiger charge is -2.19. The Hall–Kier alpha value is -2.37. The van der Waals surface area contributed by atoms with Crippen molar-refractivity contribution in [1.29, 1.82) is 0 Å². The molecule has 1 saturated carbocycles. The Labute approximate surface area is 163 Å². The van der Waals surface area contributed by atoms with E-state index in [2.05, 4.69) is 5.32 Å². The van der Waals surface area contributed by atoms with Gasteiger partial charge in [-0.3, -0.25) is 0 Å². The number of ether oxygens (including phenoxy) is 2. The zero-order valence-corrected chi connectivity index (χ0v) is 16.1. The largest absolute Gasteiger partial charge is 0.465 e. The second-order valence-corrected chi connectivity index (χ2v) is 7.09. The molecule has 1 atom stereocenters. The molecule has 1 aliphatic rings. The molecule has 27 heavy (non-hydrogen) atoms. The van der Waals surface area contributed by atoms with E-state index in [0.717, 1.165) is 5.56 Å². The maximum Gasteiger partial charge on any atom is 0.337 e. The summed E-state index contributed by atoms with van der Waals surface area (Å²) in [5.74, 6) is -0.396. The van der Waals surface area contributed by atoms with Crippen molar-refractivity contribution < 1.29 is 19.1 Å². The minimum atomic E-state index is -0.488. The highest BCUT2D eigenvalue weighted by Gasteiger charge is 2.32. The molecule has 1 N–H and O–H groups in total. The summed E-state index contributed by atoms with van der Waals surface area (Å²) < 4.78 is 9.58. The van der Waals surface area contributed by atoms with Gasteiger partial charge in [-0.1, -0.05) is 23.7 Å². The Morgan fingerprint density at radius 2 is 1.59 bits per heavy atom. The van der Waals surface area contributed by atoms with Crippen LogP contribution in [0.25, 0.3) is 0 Å². The zero-order valence-electron chi connectivity index (χ0n) is 15.3. The maximum atomic E-state index is 11.9. The summed E-state index contributed by atoms with van der Waals surface area (Å²) >= 11 is 6.00. The van der Waals surface area contributed by atoms with Gasteiger partial charge in [-0.2, -0.15) is 0 Å². The van der Waals surface area contributed by atoms with E-state index in [1.54, 1.807) is 12.1 Å². The molecule has 0 saturated heterocycles. The van der Waals surface area contributed by atoms with Crippen molar-refractivity contribution in [3.05, 3.63) is 69.7 Å². The number of hydrogen-bond donors (Lipinski definition) is 1. The fourth-order valence-electron chi connectivity index (χ4n) is 3.15. The van der Waals surface area contributed by atoms with E-state index in [1.807, 2.05) is 24.3 Å². The van der Waals surface area contributed by atoms with Gasteiger partial charge in [0.05, 0.1) is 25.3 Å². The monoisotopic (exact) mass is 387 g/mol. The molecule has 5 nitrogen and oxygen atoms in total. The van der Waals surface area contributed by atoms with Crippen LogP contribution in [0.5, 0.6) is 0 Å². The highest BCUT2D eigenvalue weighted by molar-refractivity contribution is 6.30. The van der Waals surface area contributed by atoms with Crippen LogP contribution in [-0.4, -0.2) is 26.2 Å². The fourth-order valence-corrected chi connectivity index (χ4v) is 3.28. The quantitative estimate of drug-likeness (QED) is 0.723. The molecule has 0 radical (unpaired) electrons. The first kappa shape index (κ1) is 19.4. The van der Waals surface area contributed by atoms with Gasteiger partial charge in [0, 0.05) is 17.6 Å². The lowest BCUT2D eigenvalue weighted by Crippen LogP contribution is -2.23. The molecule has 1 fully saturated rings. The van der Waals surface area contributed by atoms with Crippen LogP contribution in [0.3, 0.4) is 0 Å². The van der Waals surface area contributed by atoms with E-state index < -0.39 is 11.9 Å². The van der Waals surface area contributed by atoms with Gasteiger partial charge in [-0.05, 0) is 60.2 Å². The fraction of sp³-hybridized carbons (Fsp3) is 0.333. The third kappa shape index (κ3) is 4.87. The molecule has 0 amide bonds. The van der Waals surface area contributed by atoms with Crippen molar-refractivity contribution in [2.75, 3.05) is 14.2 Å². The molecule has 0 spiro atoms. The van der Waals surface area contributed by atoms with Crippen LogP contribution in [0.15, 0.2) is 42.5 Å². The first-order valence-corrected chi connectivity index (χ1v) is 9.19. The summed E-state index contributed by atoms with van der Waals surface area (Å²) in [6.45, 7) is 0.513. The smallest absolute Gasteiger partial charge is 0.337 e. The Kier molecular flexibility index (Phi) is 6.14. The maximum absolute atomic E-state index is 11.9. The van der Waals surface area contributed by atoms with Gasteiger partial charge in [-0.15, -0.1) is 0 Å². The summed E-state index contributed by atoms with van der Waals surface area (Å²) in [6.07, 6.45) is 2.35. The molecular formula is C21H22ClNO4. The second-order valence-electron chi connectivity index (χ2n) is 6.65. The van der Waals surface area contributed by atoms with Gasteiger partial charge in [0.15, 0.2) is 0 Å². The predicted molar refractivity (Wildman–Crippen MR) is 103 cm³/mol. The Balaban J connectivity index is 1.81. The number of esters is 2. The van der Waals surface area contributed by atoms with Crippen LogP contribution in [-0.2, 0) is 16.0 Å². The number of benzene rings is 2. The topological polar surface area (TPSA) is 64.6 Å². The molecule has 1 aliphatic carbocycles. The summed E-state index contributed by atoms with van der Waals surface area (Å²) in [7, 11) is 2.63. The highest BCUT2D eigenvalue weighted by atomic mass is 35.5. The normalized spacial score (nSPS) is 14.5. The van der Waals surface area contributed by atoms with Crippen molar-refractivity contribution in [2.24, 2.45) is 5.92 Å². The third-order valence-corrected chi connectivity index (χ3v) is 4.94. The zero-order chi connectivity index (χ0) is 19.4. The van der Waals surface area contributed by atoms with E-state index in [9.17, 15) is 9.59 Å². The average Bonchev–Trinajstić information content (AvgIpc) is 3.53. The number of hydrogen-bond acceptors (Lipinski definition) is 5. The average molecular weight is 388 g/mol. The molecule has 1 unspecified atom stereocenters. The number of halogens is 1. The lowest BCUT2D eigenvalue weighted by molar-refractivity contribution is 0.0599. The molecule has 0 heterocycles. The number of carbonyl (C=O) groups is 2. The Bertz CT molecular complexity index is 796. The van der Waals surface area contributed by atoms with Gasteiger partial charge in [0.2, 0.25) is 0 Å².